The molecule has 0 N–H and O–H groups in total. The number of para-hydroxylation sites is 1. The lowest BCUT2D eigenvalue weighted by molar-refractivity contribution is -0.117. The van der Waals surface area contributed by atoms with Crippen LogP contribution in [0.5, 0.6) is 5.75 Å². The van der Waals surface area contributed by atoms with Crippen LogP contribution in [0.4, 0.5) is 11.4 Å². The predicted octanol–water partition coefficient (Wildman–Crippen LogP) is 4.01. The topological polar surface area (TPSA) is 66.9 Å². The first-order valence-electron chi connectivity index (χ1n) is 10.5. The Morgan fingerprint density at radius 2 is 1.66 bits per heavy atom. The SMILES string of the molecule is CC1Cc2ccccc2N1C(=O)CN(c1ccc(OCc2ccccc2)cc1)S(C)(=O)=O. The van der Waals surface area contributed by atoms with Gasteiger partial charge in [-0.1, -0.05) is 48.5 Å². The van der Waals surface area contributed by atoms with Gasteiger partial charge in [0.2, 0.25) is 15.9 Å². The van der Waals surface area contributed by atoms with E-state index < -0.39 is 10.0 Å². The van der Waals surface area contributed by atoms with E-state index in [9.17, 15) is 13.2 Å². The second kappa shape index (κ2) is 9.04. The van der Waals surface area contributed by atoms with E-state index in [1.807, 2.05) is 61.5 Å². The molecule has 1 aliphatic heterocycles. The molecule has 0 aromatic heterocycles. The Balaban J connectivity index is 1.50. The van der Waals surface area contributed by atoms with Crippen LogP contribution in [0, 0.1) is 0 Å². The Morgan fingerprint density at radius 3 is 2.34 bits per heavy atom. The van der Waals surface area contributed by atoms with Gasteiger partial charge in [0.1, 0.15) is 18.9 Å². The number of nitrogens with zero attached hydrogens (tertiary/aromatic N) is 2. The second-order valence-electron chi connectivity index (χ2n) is 7.98. The minimum absolute atomic E-state index is 0.0185. The third-order valence-electron chi connectivity index (χ3n) is 5.53. The van der Waals surface area contributed by atoms with Crippen LogP contribution in [-0.4, -0.2) is 33.2 Å². The molecular formula is C25H26N2O4S. The standard InChI is InChI=1S/C25H26N2O4S/c1-19-16-21-10-6-7-11-24(21)27(19)25(28)17-26(32(2,29)30)22-12-14-23(15-13-22)31-18-20-8-4-3-5-9-20/h3-15,19H,16-18H2,1-2H3. The summed E-state index contributed by atoms with van der Waals surface area (Å²) in [7, 11) is -3.66. The Kier molecular flexibility index (Phi) is 6.19. The van der Waals surface area contributed by atoms with Crippen LogP contribution in [0.15, 0.2) is 78.9 Å². The van der Waals surface area contributed by atoms with Gasteiger partial charge < -0.3 is 9.64 Å². The third-order valence-corrected chi connectivity index (χ3v) is 6.67. The van der Waals surface area contributed by atoms with Crippen molar-refractivity contribution in [3.8, 4) is 5.75 Å². The summed E-state index contributed by atoms with van der Waals surface area (Å²) in [6.45, 7) is 2.13. The second-order valence-corrected chi connectivity index (χ2v) is 9.89. The zero-order chi connectivity index (χ0) is 22.7. The maximum atomic E-state index is 13.2. The van der Waals surface area contributed by atoms with E-state index in [4.69, 9.17) is 4.74 Å². The summed E-state index contributed by atoms with van der Waals surface area (Å²) >= 11 is 0. The normalized spacial score (nSPS) is 15.3. The van der Waals surface area contributed by atoms with Gasteiger partial charge in [0.25, 0.3) is 0 Å². The fourth-order valence-corrected chi connectivity index (χ4v) is 4.84. The first-order valence-corrected chi connectivity index (χ1v) is 12.3. The molecule has 1 unspecified atom stereocenters. The average Bonchev–Trinajstić information content (AvgIpc) is 3.12. The number of carbonyl (C=O) groups is 1. The van der Waals surface area contributed by atoms with Crippen LogP contribution in [0.2, 0.25) is 0 Å². The van der Waals surface area contributed by atoms with Crippen molar-refractivity contribution >= 4 is 27.3 Å². The summed E-state index contributed by atoms with van der Waals surface area (Å²) < 4.78 is 32.0. The van der Waals surface area contributed by atoms with E-state index in [2.05, 4.69) is 0 Å². The average molecular weight is 451 g/mol. The van der Waals surface area contributed by atoms with E-state index in [1.165, 1.54) is 0 Å². The zero-order valence-electron chi connectivity index (χ0n) is 18.1. The van der Waals surface area contributed by atoms with Crippen molar-refractivity contribution in [3.63, 3.8) is 0 Å². The smallest absolute Gasteiger partial charge is 0.248 e. The number of hydrogen-bond donors (Lipinski definition) is 0. The minimum Gasteiger partial charge on any atom is -0.489 e. The van der Waals surface area contributed by atoms with Crippen LogP contribution >= 0.6 is 0 Å². The molecule has 166 valence electrons. The summed E-state index contributed by atoms with van der Waals surface area (Å²) in [4.78, 5) is 14.9. The highest BCUT2D eigenvalue weighted by Crippen LogP contribution is 2.32. The predicted molar refractivity (Wildman–Crippen MR) is 126 cm³/mol. The fraction of sp³-hybridized carbons (Fsp3) is 0.240. The maximum absolute atomic E-state index is 13.2. The lowest BCUT2D eigenvalue weighted by atomic mass is 10.1. The van der Waals surface area contributed by atoms with Gasteiger partial charge in [-0.2, -0.15) is 0 Å². The van der Waals surface area contributed by atoms with Crippen LogP contribution in [0.1, 0.15) is 18.1 Å². The zero-order valence-corrected chi connectivity index (χ0v) is 19.0. The van der Waals surface area contributed by atoms with Crippen molar-refractivity contribution in [2.45, 2.75) is 26.0 Å². The molecule has 0 bridgehead atoms. The van der Waals surface area contributed by atoms with E-state index >= 15 is 0 Å². The molecule has 0 radical (unpaired) electrons. The van der Waals surface area contributed by atoms with Crippen molar-refractivity contribution in [2.24, 2.45) is 0 Å². The summed E-state index contributed by atoms with van der Waals surface area (Å²) in [5, 5.41) is 0. The highest BCUT2D eigenvalue weighted by atomic mass is 32.2. The molecule has 3 aromatic rings. The van der Waals surface area contributed by atoms with Crippen LogP contribution in [0.3, 0.4) is 0 Å². The number of rotatable bonds is 7. The number of anilines is 2. The van der Waals surface area contributed by atoms with Crippen molar-refractivity contribution in [1.29, 1.82) is 0 Å². The molecule has 1 amide bonds. The largest absolute Gasteiger partial charge is 0.489 e. The number of benzene rings is 3. The van der Waals surface area contributed by atoms with Crippen LogP contribution in [0.25, 0.3) is 0 Å². The molecule has 0 saturated heterocycles. The number of amides is 1. The molecule has 6 nitrogen and oxygen atoms in total. The molecule has 0 spiro atoms. The Bertz CT molecular complexity index is 1190. The third kappa shape index (κ3) is 4.78. The summed E-state index contributed by atoms with van der Waals surface area (Å²) in [6, 6.07) is 24.3. The molecule has 1 heterocycles. The molecule has 1 aliphatic rings. The quantitative estimate of drug-likeness (QED) is 0.546. The van der Waals surface area contributed by atoms with Crippen LogP contribution < -0.4 is 13.9 Å². The summed E-state index contributed by atoms with van der Waals surface area (Å²) in [5.74, 6) is 0.372. The maximum Gasteiger partial charge on any atom is 0.248 e. The highest BCUT2D eigenvalue weighted by Gasteiger charge is 2.33. The van der Waals surface area contributed by atoms with Gasteiger partial charge in [0.05, 0.1) is 11.9 Å². The Labute approximate surface area is 189 Å². The number of hydrogen-bond acceptors (Lipinski definition) is 4. The number of sulfonamides is 1. The van der Waals surface area contributed by atoms with Crippen molar-refractivity contribution < 1.29 is 17.9 Å². The van der Waals surface area contributed by atoms with Crippen molar-refractivity contribution in [1.82, 2.24) is 0 Å². The molecular weight excluding hydrogens is 424 g/mol. The van der Waals surface area contributed by atoms with E-state index in [0.717, 1.165) is 33.8 Å². The van der Waals surface area contributed by atoms with Gasteiger partial charge in [-0.25, -0.2) is 8.42 Å². The number of ether oxygens (including phenoxy) is 1. The minimum atomic E-state index is -3.66. The number of fused-ring (bicyclic) bond motifs is 1. The van der Waals surface area contributed by atoms with Gasteiger partial charge >= 0.3 is 0 Å². The van der Waals surface area contributed by atoms with Gasteiger partial charge in [-0.3, -0.25) is 9.10 Å². The lowest BCUT2D eigenvalue weighted by Crippen LogP contribution is -2.45. The van der Waals surface area contributed by atoms with E-state index in [0.29, 0.717) is 18.0 Å². The monoisotopic (exact) mass is 450 g/mol. The Hall–Kier alpha value is -3.32. The van der Waals surface area contributed by atoms with E-state index in [-0.39, 0.29) is 18.5 Å². The first-order chi connectivity index (χ1) is 15.3. The van der Waals surface area contributed by atoms with Crippen LogP contribution in [-0.2, 0) is 27.8 Å². The van der Waals surface area contributed by atoms with Gasteiger partial charge in [0.15, 0.2) is 0 Å². The van der Waals surface area contributed by atoms with Gasteiger partial charge in [0, 0.05) is 11.7 Å². The van der Waals surface area contributed by atoms with Gasteiger partial charge in [-0.15, -0.1) is 0 Å². The first kappa shape index (κ1) is 21.9. The summed E-state index contributed by atoms with van der Waals surface area (Å²) in [5.41, 5.74) is 3.41. The van der Waals surface area contributed by atoms with Gasteiger partial charge in [-0.05, 0) is 54.8 Å². The molecule has 1 atom stereocenters. The Morgan fingerprint density at radius 1 is 1.00 bits per heavy atom. The number of carbonyl (C=O) groups excluding carboxylic acids is 1. The fourth-order valence-electron chi connectivity index (χ4n) is 3.99. The highest BCUT2D eigenvalue weighted by molar-refractivity contribution is 7.92. The molecule has 4 rings (SSSR count). The van der Waals surface area contributed by atoms with Crippen molar-refractivity contribution in [2.75, 3.05) is 22.0 Å². The molecule has 0 aliphatic carbocycles. The van der Waals surface area contributed by atoms with Crippen molar-refractivity contribution in [3.05, 3.63) is 90.0 Å². The molecule has 7 heteroatoms. The molecule has 32 heavy (non-hydrogen) atoms. The summed E-state index contributed by atoms with van der Waals surface area (Å²) in [6.07, 6.45) is 1.87. The van der Waals surface area contributed by atoms with E-state index in [1.54, 1.807) is 29.2 Å². The molecule has 0 fully saturated rings. The lowest BCUT2D eigenvalue weighted by Gasteiger charge is -2.28. The molecule has 3 aromatic carbocycles. The molecule has 0 saturated carbocycles.